The first kappa shape index (κ1) is 21.0. The summed E-state index contributed by atoms with van der Waals surface area (Å²) in [6.07, 6.45) is 1.07. The Bertz CT molecular complexity index is 503. The second kappa shape index (κ2) is 10.1. The van der Waals surface area contributed by atoms with Crippen LogP contribution in [-0.2, 0) is 6.42 Å². The van der Waals surface area contributed by atoms with E-state index >= 15 is 0 Å². The van der Waals surface area contributed by atoms with Gasteiger partial charge in [0.15, 0.2) is 5.96 Å². The fourth-order valence-electron chi connectivity index (χ4n) is 2.51. The fraction of sp³-hybridized carbons (Fsp3) is 0.611. The van der Waals surface area contributed by atoms with Crippen LogP contribution in [0.2, 0.25) is 0 Å². The van der Waals surface area contributed by atoms with E-state index in [0.29, 0.717) is 6.54 Å². The van der Waals surface area contributed by atoms with E-state index < -0.39 is 0 Å². The van der Waals surface area contributed by atoms with Crippen molar-refractivity contribution in [2.45, 2.75) is 45.8 Å². The highest BCUT2D eigenvalue weighted by atomic mass is 127. The van der Waals surface area contributed by atoms with Gasteiger partial charge in [-0.15, -0.1) is 24.0 Å². The molecule has 0 bridgehead atoms. The molecular weight excluding hydrogens is 415 g/mol. The third-order valence-corrected chi connectivity index (χ3v) is 3.58. The number of nitrogens with one attached hydrogen (secondary N) is 3. The Labute approximate surface area is 163 Å². The highest BCUT2D eigenvalue weighted by Crippen LogP contribution is 2.28. The monoisotopic (exact) mass is 446 g/mol. The van der Waals surface area contributed by atoms with E-state index in [0.717, 1.165) is 37.8 Å². The van der Waals surface area contributed by atoms with E-state index in [1.54, 1.807) is 0 Å². The van der Waals surface area contributed by atoms with Crippen LogP contribution in [0.4, 0.5) is 0 Å². The van der Waals surface area contributed by atoms with Crippen LogP contribution in [0.3, 0.4) is 0 Å². The molecule has 0 amide bonds. The first-order chi connectivity index (χ1) is 11.0. The van der Waals surface area contributed by atoms with E-state index in [1.165, 1.54) is 5.56 Å². The van der Waals surface area contributed by atoms with Gasteiger partial charge in [0.1, 0.15) is 11.9 Å². The Kier molecular flexibility index (Phi) is 8.83. The Balaban J connectivity index is 0.00000288. The number of hydrogen-bond donors (Lipinski definition) is 3. The second-order valence-electron chi connectivity index (χ2n) is 6.87. The molecule has 0 radical (unpaired) electrons. The number of aliphatic imine (C=N–C) groups is 1. The number of ether oxygens (including phenoxy) is 1. The molecule has 3 N–H and O–H groups in total. The van der Waals surface area contributed by atoms with E-state index in [2.05, 4.69) is 60.8 Å². The molecule has 1 aliphatic heterocycles. The third-order valence-electron chi connectivity index (χ3n) is 3.58. The zero-order valence-corrected chi connectivity index (χ0v) is 17.5. The normalized spacial score (nSPS) is 16.8. The molecular formula is C18H31IN4O. The highest BCUT2D eigenvalue weighted by molar-refractivity contribution is 14.0. The van der Waals surface area contributed by atoms with Crippen molar-refractivity contribution in [1.29, 1.82) is 0 Å². The zero-order valence-electron chi connectivity index (χ0n) is 15.2. The van der Waals surface area contributed by atoms with Crippen molar-refractivity contribution < 1.29 is 4.74 Å². The number of hydrogen-bond acceptors (Lipinski definition) is 3. The molecule has 0 fully saturated rings. The Hall–Kier alpha value is -1.02. The molecule has 0 saturated carbocycles. The van der Waals surface area contributed by atoms with E-state index in [-0.39, 0.29) is 35.6 Å². The summed E-state index contributed by atoms with van der Waals surface area (Å²) in [4.78, 5) is 4.65. The van der Waals surface area contributed by atoms with Crippen molar-refractivity contribution in [3.05, 3.63) is 29.8 Å². The van der Waals surface area contributed by atoms with Gasteiger partial charge in [-0.05, 0) is 39.3 Å². The van der Waals surface area contributed by atoms with Crippen molar-refractivity contribution in [3.63, 3.8) is 0 Å². The highest BCUT2D eigenvalue weighted by Gasteiger charge is 2.21. The molecule has 0 spiro atoms. The average Bonchev–Trinajstić information content (AvgIpc) is 2.90. The fourth-order valence-corrected chi connectivity index (χ4v) is 2.51. The molecule has 1 heterocycles. The summed E-state index contributed by atoms with van der Waals surface area (Å²) < 4.78 is 5.93. The van der Waals surface area contributed by atoms with Gasteiger partial charge in [-0.2, -0.15) is 0 Å². The first-order valence-corrected chi connectivity index (χ1v) is 8.49. The van der Waals surface area contributed by atoms with Crippen molar-refractivity contribution in [1.82, 2.24) is 16.0 Å². The summed E-state index contributed by atoms with van der Waals surface area (Å²) in [6.45, 7) is 11.8. The van der Waals surface area contributed by atoms with Gasteiger partial charge in [-0.3, -0.25) is 0 Å². The van der Waals surface area contributed by atoms with Crippen LogP contribution < -0.4 is 20.7 Å². The van der Waals surface area contributed by atoms with Gasteiger partial charge in [0.05, 0.1) is 6.54 Å². The summed E-state index contributed by atoms with van der Waals surface area (Å²) in [5.74, 6) is 1.85. The van der Waals surface area contributed by atoms with Gasteiger partial charge in [0.2, 0.25) is 0 Å². The molecule has 24 heavy (non-hydrogen) atoms. The molecule has 5 nitrogen and oxygen atoms in total. The van der Waals surface area contributed by atoms with Crippen LogP contribution in [0.5, 0.6) is 5.75 Å². The molecule has 0 aliphatic carbocycles. The maximum absolute atomic E-state index is 5.93. The summed E-state index contributed by atoms with van der Waals surface area (Å²) in [5.41, 5.74) is 1.42. The van der Waals surface area contributed by atoms with Crippen LogP contribution in [0.25, 0.3) is 0 Å². The van der Waals surface area contributed by atoms with Gasteiger partial charge in [0.25, 0.3) is 0 Å². The largest absolute Gasteiger partial charge is 0.488 e. The van der Waals surface area contributed by atoms with Crippen LogP contribution in [-0.4, -0.2) is 43.8 Å². The summed E-state index contributed by atoms with van der Waals surface area (Å²) in [7, 11) is 0. The average molecular weight is 446 g/mol. The van der Waals surface area contributed by atoms with Gasteiger partial charge in [-0.25, -0.2) is 4.99 Å². The summed E-state index contributed by atoms with van der Waals surface area (Å²) in [5, 5.41) is 10.1. The molecule has 1 unspecified atom stereocenters. The predicted molar refractivity (Wildman–Crippen MR) is 112 cm³/mol. The number of guanidine groups is 1. The molecule has 1 aromatic rings. The lowest BCUT2D eigenvalue weighted by molar-refractivity contribution is 0.241. The van der Waals surface area contributed by atoms with Gasteiger partial charge >= 0.3 is 0 Å². The molecule has 136 valence electrons. The van der Waals surface area contributed by atoms with Crippen LogP contribution in [0, 0.1) is 0 Å². The maximum atomic E-state index is 5.93. The number of para-hydroxylation sites is 1. The standard InChI is InChI=1S/C18H30N4O.HI/c1-5-19-17(20-10-11-22-18(2,3)4)21-13-15-12-14-8-6-7-9-16(14)23-15;/h6-9,15,22H,5,10-13H2,1-4H3,(H2,19,20,21);1H. The predicted octanol–water partition coefficient (Wildman–Crippen LogP) is 2.55. The van der Waals surface area contributed by atoms with E-state index in [4.69, 9.17) is 4.74 Å². The number of rotatable bonds is 6. The smallest absolute Gasteiger partial charge is 0.191 e. The molecule has 2 rings (SSSR count). The third kappa shape index (κ3) is 7.25. The second-order valence-corrected chi connectivity index (χ2v) is 6.87. The molecule has 0 aromatic heterocycles. The van der Waals surface area contributed by atoms with Crippen LogP contribution in [0.15, 0.2) is 29.3 Å². The zero-order chi connectivity index (χ0) is 16.7. The van der Waals surface area contributed by atoms with Crippen molar-refractivity contribution in [2.24, 2.45) is 4.99 Å². The van der Waals surface area contributed by atoms with E-state index in [1.807, 2.05) is 12.1 Å². The van der Waals surface area contributed by atoms with Crippen molar-refractivity contribution in [3.8, 4) is 5.75 Å². The molecule has 6 heteroatoms. The number of nitrogens with zero attached hydrogens (tertiary/aromatic N) is 1. The molecule has 0 saturated heterocycles. The first-order valence-electron chi connectivity index (χ1n) is 8.49. The topological polar surface area (TPSA) is 57.7 Å². The minimum atomic E-state index is 0. The van der Waals surface area contributed by atoms with Gasteiger partial charge in [0, 0.05) is 31.6 Å². The van der Waals surface area contributed by atoms with Crippen LogP contribution >= 0.6 is 24.0 Å². The SMILES string of the molecule is CCNC(=NCC1Cc2ccccc2O1)NCCNC(C)(C)C.I. The molecule has 1 aliphatic rings. The Morgan fingerprint density at radius 1 is 1.21 bits per heavy atom. The number of halogens is 1. The molecule has 1 atom stereocenters. The quantitative estimate of drug-likeness (QED) is 0.272. The molecule has 1 aromatic carbocycles. The number of fused-ring (bicyclic) bond motifs is 1. The summed E-state index contributed by atoms with van der Waals surface area (Å²) >= 11 is 0. The van der Waals surface area contributed by atoms with Gasteiger partial charge in [-0.1, -0.05) is 18.2 Å². The van der Waals surface area contributed by atoms with E-state index in [9.17, 15) is 0 Å². The number of benzene rings is 1. The lowest BCUT2D eigenvalue weighted by Gasteiger charge is -2.21. The maximum Gasteiger partial charge on any atom is 0.191 e. The Morgan fingerprint density at radius 3 is 2.62 bits per heavy atom. The lowest BCUT2D eigenvalue weighted by Crippen LogP contribution is -2.44. The van der Waals surface area contributed by atoms with Crippen molar-refractivity contribution >= 4 is 29.9 Å². The van der Waals surface area contributed by atoms with Gasteiger partial charge < -0.3 is 20.7 Å². The van der Waals surface area contributed by atoms with Crippen LogP contribution in [0.1, 0.15) is 33.3 Å². The summed E-state index contributed by atoms with van der Waals surface area (Å²) in [6, 6.07) is 8.22. The minimum absolute atomic E-state index is 0. The lowest BCUT2D eigenvalue weighted by atomic mass is 10.1. The van der Waals surface area contributed by atoms with Crippen molar-refractivity contribution in [2.75, 3.05) is 26.2 Å². The minimum Gasteiger partial charge on any atom is -0.488 e. The Morgan fingerprint density at radius 2 is 1.96 bits per heavy atom.